The molecule has 0 bridgehead atoms. The summed E-state index contributed by atoms with van der Waals surface area (Å²) in [7, 11) is 0. The number of morpholine rings is 1. The van der Waals surface area contributed by atoms with Gasteiger partial charge in [-0.3, -0.25) is 19.1 Å². The monoisotopic (exact) mass is 449 g/mol. The van der Waals surface area contributed by atoms with E-state index in [4.69, 9.17) is 4.74 Å². The predicted molar refractivity (Wildman–Crippen MR) is 124 cm³/mol. The van der Waals surface area contributed by atoms with Gasteiger partial charge in [0.15, 0.2) is 0 Å². The van der Waals surface area contributed by atoms with Gasteiger partial charge < -0.3 is 10.1 Å². The molecule has 0 aliphatic carbocycles. The Balaban J connectivity index is 1.66. The summed E-state index contributed by atoms with van der Waals surface area (Å²) in [4.78, 5) is 41.4. The first-order chi connectivity index (χ1) is 16.0. The highest BCUT2D eigenvalue weighted by molar-refractivity contribution is 5.91. The lowest BCUT2D eigenvalue weighted by Crippen LogP contribution is -2.47. The highest BCUT2D eigenvalue weighted by Gasteiger charge is 2.21. The molecule has 33 heavy (non-hydrogen) atoms. The predicted octanol–water partition coefficient (Wildman–Crippen LogP) is 0.813. The first-order valence-corrected chi connectivity index (χ1v) is 11.0. The Morgan fingerprint density at radius 2 is 1.73 bits per heavy atom. The second kappa shape index (κ2) is 10.4. The zero-order valence-corrected chi connectivity index (χ0v) is 18.6. The quantitative estimate of drug-likeness (QED) is 0.573. The van der Waals surface area contributed by atoms with Gasteiger partial charge in [0.25, 0.3) is 11.5 Å². The molecule has 9 nitrogen and oxygen atoms in total. The lowest BCUT2D eigenvalue weighted by molar-refractivity contribution is 0.0383. The van der Waals surface area contributed by atoms with Crippen LogP contribution >= 0.6 is 0 Å². The molecule has 9 heteroatoms. The van der Waals surface area contributed by atoms with Gasteiger partial charge in [0.1, 0.15) is 0 Å². The van der Waals surface area contributed by atoms with Crippen LogP contribution in [0.2, 0.25) is 0 Å². The molecule has 1 aliphatic heterocycles. The number of benzene rings is 2. The maximum atomic E-state index is 13.2. The summed E-state index contributed by atoms with van der Waals surface area (Å²) in [5.41, 5.74) is 0.652. The van der Waals surface area contributed by atoms with E-state index in [1.807, 2.05) is 49.4 Å². The first-order valence-electron chi connectivity index (χ1n) is 11.0. The van der Waals surface area contributed by atoms with E-state index in [1.165, 1.54) is 0 Å². The van der Waals surface area contributed by atoms with Gasteiger partial charge in [-0.25, -0.2) is 4.79 Å². The van der Waals surface area contributed by atoms with Gasteiger partial charge in [-0.1, -0.05) is 48.0 Å². The number of nitrogens with zero attached hydrogens (tertiary/aromatic N) is 4. The van der Waals surface area contributed by atoms with E-state index < -0.39 is 17.2 Å². The molecule has 1 aliphatic rings. The van der Waals surface area contributed by atoms with Gasteiger partial charge in [-0.15, -0.1) is 0 Å². The van der Waals surface area contributed by atoms with Gasteiger partial charge in [0.05, 0.1) is 25.4 Å². The van der Waals surface area contributed by atoms with E-state index in [1.54, 1.807) is 12.1 Å². The molecule has 2 heterocycles. The summed E-state index contributed by atoms with van der Waals surface area (Å²) in [6.07, 6.45) is 0. The molecule has 172 valence electrons. The number of nitrogens with one attached hydrogen (secondary N) is 1. The summed E-state index contributed by atoms with van der Waals surface area (Å²) in [5.74, 6) is -0.601. The molecule has 0 atom stereocenters. The van der Waals surface area contributed by atoms with Gasteiger partial charge >= 0.3 is 5.69 Å². The lowest BCUT2D eigenvalue weighted by atomic mass is 10.2. The third kappa shape index (κ3) is 5.44. The highest BCUT2D eigenvalue weighted by Crippen LogP contribution is 2.06. The first kappa shape index (κ1) is 22.6. The average Bonchev–Trinajstić information content (AvgIpc) is 2.84. The van der Waals surface area contributed by atoms with Gasteiger partial charge in [0, 0.05) is 26.2 Å². The number of carbonyl (C=O) groups is 1. The Morgan fingerprint density at radius 3 is 2.42 bits per heavy atom. The van der Waals surface area contributed by atoms with Crippen LogP contribution in [0.15, 0.2) is 64.2 Å². The SMILES string of the molecule is Cc1ccc(-n2nc(C(=O)NCCN3CCOCC3)c(=O)n(Cc3ccccc3)c2=O)cc1. The van der Waals surface area contributed by atoms with Crippen LogP contribution in [0.4, 0.5) is 0 Å². The number of hydrogen-bond donors (Lipinski definition) is 1. The van der Waals surface area contributed by atoms with E-state index in [2.05, 4.69) is 15.3 Å². The number of rotatable bonds is 7. The Kier molecular flexibility index (Phi) is 7.11. The second-order valence-electron chi connectivity index (χ2n) is 7.97. The van der Waals surface area contributed by atoms with Crippen molar-refractivity contribution in [2.75, 3.05) is 39.4 Å². The molecule has 1 N–H and O–H groups in total. The van der Waals surface area contributed by atoms with Crippen LogP contribution in [0.1, 0.15) is 21.6 Å². The molecule has 1 fully saturated rings. The van der Waals surface area contributed by atoms with Gasteiger partial charge in [-0.2, -0.15) is 9.78 Å². The molecule has 2 aromatic carbocycles. The van der Waals surface area contributed by atoms with E-state index in [9.17, 15) is 14.4 Å². The summed E-state index contributed by atoms with van der Waals surface area (Å²) in [5, 5.41) is 6.94. The molecule has 1 saturated heterocycles. The molecule has 4 rings (SSSR count). The molecular weight excluding hydrogens is 422 g/mol. The van der Waals surface area contributed by atoms with Crippen molar-refractivity contribution >= 4 is 5.91 Å². The Hall–Kier alpha value is -3.56. The third-order valence-corrected chi connectivity index (χ3v) is 5.55. The van der Waals surface area contributed by atoms with Crippen LogP contribution in [-0.4, -0.2) is 64.5 Å². The van der Waals surface area contributed by atoms with E-state index in [-0.39, 0.29) is 12.2 Å². The standard InChI is InChI=1S/C24H27N5O4/c1-18-7-9-20(10-8-18)29-24(32)28(17-19-5-3-2-4-6-19)23(31)21(26-29)22(30)25-11-12-27-13-15-33-16-14-27/h2-10H,11-17H2,1H3,(H,25,30). The van der Waals surface area contributed by atoms with E-state index in [0.29, 0.717) is 32.0 Å². The molecule has 0 unspecified atom stereocenters. The maximum absolute atomic E-state index is 13.2. The number of ether oxygens (including phenoxy) is 1. The topological polar surface area (TPSA) is 98.5 Å². The van der Waals surface area contributed by atoms with Crippen LogP contribution in [0.3, 0.4) is 0 Å². The normalized spacial score (nSPS) is 14.2. The molecule has 0 radical (unpaired) electrons. The van der Waals surface area contributed by atoms with Crippen molar-refractivity contribution in [3.05, 3.63) is 92.3 Å². The molecule has 0 spiro atoms. The largest absolute Gasteiger partial charge is 0.379 e. The van der Waals surface area contributed by atoms with Crippen molar-refractivity contribution in [3.63, 3.8) is 0 Å². The van der Waals surface area contributed by atoms with Crippen molar-refractivity contribution in [2.45, 2.75) is 13.5 Å². The fourth-order valence-electron chi connectivity index (χ4n) is 3.65. The Labute approximate surface area is 191 Å². The minimum absolute atomic E-state index is 0.0426. The van der Waals surface area contributed by atoms with Crippen LogP contribution in [0.5, 0.6) is 0 Å². The lowest BCUT2D eigenvalue weighted by Gasteiger charge is -2.26. The number of aromatic nitrogens is 3. The summed E-state index contributed by atoms with van der Waals surface area (Å²) in [6.45, 7) is 5.92. The van der Waals surface area contributed by atoms with Gasteiger partial charge in [0.2, 0.25) is 5.69 Å². The van der Waals surface area contributed by atoms with Crippen LogP contribution in [0.25, 0.3) is 5.69 Å². The zero-order chi connectivity index (χ0) is 23.2. The average molecular weight is 450 g/mol. The molecule has 3 aromatic rings. The van der Waals surface area contributed by atoms with Gasteiger partial charge in [-0.05, 0) is 24.6 Å². The third-order valence-electron chi connectivity index (χ3n) is 5.55. The number of aryl methyl sites for hydroxylation is 1. The number of carbonyl (C=O) groups excluding carboxylic acids is 1. The van der Waals surface area contributed by atoms with E-state index >= 15 is 0 Å². The minimum Gasteiger partial charge on any atom is -0.379 e. The summed E-state index contributed by atoms with van der Waals surface area (Å²) >= 11 is 0. The van der Waals surface area contributed by atoms with Crippen LogP contribution in [-0.2, 0) is 11.3 Å². The van der Waals surface area contributed by atoms with Crippen LogP contribution in [0, 0.1) is 6.92 Å². The van der Waals surface area contributed by atoms with E-state index in [0.717, 1.165) is 33.5 Å². The molecular formula is C24H27N5O4. The highest BCUT2D eigenvalue weighted by atomic mass is 16.5. The second-order valence-corrected chi connectivity index (χ2v) is 7.97. The minimum atomic E-state index is -0.712. The molecule has 0 saturated carbocycles. The fraction of sp³-hybridized carbons (Fsp3) is 0.333. The number of amides is 1. The fourth-order valence-corrected chi connectivity index (χ4v) is 3.65. The van der Waals surface area contributed by atoms with Crippen LogP contribution < -0.4 is 16.6 Å². The Morgan fingerprint density at radius 1 is 1.03 bits per heavy atom. The number of hydrogen-bond acceptors (Lipinski definition) is 6. The van der Waals surface area contributed by atoms with Crippen molar-refractivity contribution in [1.82, 2.24) is 24.6 Å². The van der Waals surface area contributed by atoms with Crippen molar-refractivity contribution in [3.8, 4) is 5.69 Å². The summed E-state index contributed by atoms with van der Waals surface area (Å²) in [6, 6.07) is 16.3. The Bertz CT molecular complexity index is 1210. The van der Waals surface area contributed by atoms with Crippen molar-refractivity contribution < 1.29 is 9.53 Å². The molecule has 1 amide bonds. The smallest absolute Gasteiger partial charge is 0.352 e. The molecule has 1 aromatic heterocycles. The van der Waals surface area contributed by atoms with Crippen molar-refractivity contribution in [2.24, 2.45) is 0 Å². The van der Waals surface area contributed by atoms with Crippen molar-refractivity contribution in [1.29, 1.82) is 0 Å². The maximum Gasteiger partial charge on any atom is 0.352 e. The summed E-state index contributed by atoms with van der Waals surface area (Å²) < 4.78 is 7.50. The zero-order valence-electron chi connectivity index (χ0n) is 18.6.